The van der Waals surface area contributed by atoms with Crippen LogP contribution in [0.4, 0.5) is 0 Å². The number of benzene rings is 1. The molecule has 92 valence electrons. The van der Waals surface area contributed by atoms with Crippen LogP contribution in [-0.4, -0.2) is 31.1 Å². The van der Waals surface area contributed by atoms with Gasteiger partial charge in [0, 0.05) is 6.42 Å². The molecule has 1 N–H and O–H groups in total. The second kappa shape index (κ2) is 5.89. The van der Waals surface area contributed by atoms with Gasteiger partial charge in [0.1, 0.15) is 17.1 Å². The van der Waals surface area contributed by atoms with E-state index in [2.05, 4.69) is 0 Å². The number of carboxylic acids is 1. The Hall–Kier alpha value is -2.04. The van der Waals surface area contributed by atoms with Crippen molar-refractivity contribution in [2.24, 2.45) is 0 Å². The van der Waals surface area contributed by atoms with Crippen LogP contribution in [0.1, 0.15) is 23.2 Å². The minimum atomic E-state index is -1.01. The highest BCUT2D eigenvalue weighted by Gasteiger charge is 2.18. The zero-order chi connectivity index (χ0) is 12.8. The van der Waals surface area contributed by atoms with E-state index in [9.17, 15) is 9.59 Å². The van der Waals surface area contributed by atoms with Crippen molar-refractivity contribution in [2.75, 3.05) is 14.2 Å². The number of hydrogen-bond donors (Lipinski definition) is 1. The molecule has 0 saturated heterocycles. The van der Waals surface area contributed by atoms with Gasteiger partial charge in [-0.15, -0.1) is 0 Å². The van der Waals surface area contributed by atoms with E-state index in [-0.39, 0.29) is 18.6 Å². The molecule has 0 radical (unpaired) electrons. The number of ether oxygens (including phenoxy) is 2. The lowest BCUT2D eigenvalue weighted by Crippen LogP contribution is -2.07. The van der Waals surface area contributed by atoms with Crippen molar-refractivity contribution in [1.82, 2.24) is 0 Å². The summed E-state index contributed by atoms with van der Waals surface area (Å²) in [5, 5.41) is 8.55. The maximum atomic E-state index is 11.9. The van der Waals surface area contributed by atoms with Gasteiger partial charge in [0.25, 0.3) is 0 Å². The van der Waals surface area contributed by atoms with Crippen LogP contribution in [0.15, 0.2) is 18.2 Å². The number of ketones is 1. The fourth-order valence-electron chi connectivity index (χ4n) is 1.47. The van der Waals surface area contributed by atoms with Crippen molar-refractivity contribution in [2.45, 2.75) is 12.8 Å². The Balaban J connectivity index is 3.01. The summed E-state index contributed by atoms with van der Waals surface area (Å²) < 4.78 is 10.1. The van der Waals surface area contributed by atoms with Crippen LogP contribution >= 0.6 is 0 Å². The number of methoxy groups -OCH3 is 2. The summed E-state index contributed by atoms with van der Waals surface area (Å²) >= 11 is 0. The third kappa shape index (κ3) is 3.21. The second-order valence-electron chi connectivity index (χ2n) is 3.35. The van der Waals surface area contributed by atoms with Crippen molar-refractivity contribution in [3.8, 4) is 11.5 Å². The molecule has 0 bridgehead atoms. The topological polar surface area (TPSA) is 72.8 Å². The minimum Gasteiger partial charge on any atom is -0.496 e. The number of hydrogen-bond acceptors (Lipinski definition) is 4. The van der Waals surface area contributed by atoms with E-state index in [1.165, 1.54) is 14.2 Å². The van der Waals surface area contributed by atoms with Gasteiger partial charge in [-0.25, -0.2) is 0 Å². The molecule has 17 heavy (non-hydrogen) atoms. The van der Waals surface area contributed by atoms with E-state index < -0.39 is 5.97 Å². The zero-order valence-electron chi connectivity index (χ0n) is 9.73. The van der Waals surface area contributed by atoms with Gasteiger partial charge in [-0.2, -0.15) is 0 Å². The second-order valence-corrected chi connectivity index (χ2v) is 3.35. The van der Waals surface area contributed by atoms with Crippen molar-refractivity contribution >= 4 is 11.8 Å². The monoisotopic (exact) mass is 238 g/mol. The van der Waals surface area contributed by atoms with Gasteiger partial charge < -0.3 is 14.6 Å². The smallest absolute Gasteiger partial charge is 0.303 e. The average molecular weight is 238 g/mol. The summed E-state index contributed by atoms with van der Waals surface area (Å²) in [4.78, 5) is 22.3. The molecule has 0 saturated carbocycles. The highest BCUT2D eigenvalue weighted by atomic mass is 16.5. The highest BCUT2D eigenvalue weighted by Crippen LogP contribution is 2.29. The molecule has 5 nitrogen and oxygen atoms in total. The first-order valence-electron chi connectivity index (χ1n) is 5.06. The van der Waals surface area contributed by atoms with E-state index in [1.54, 1.807) is 18.2 Å². The van der Waals surface area contributed by atoms with Crippen molar-refractivity contribution < 1.29 is 24.2 Å². The summed E-state index contributed by atoms with van der Waals surface area (Å²) in [6, 6.07) is 4.97. The molecule has 0 aliphatic carbocycles. The van der Waals surface area contributed by atoms with Crippen LogP contribution in [0.2, 0.25) is 0 Å². The Labute approximate surface area is 99.0 Å². The molecule has 1 aromatic carbocycles. The van der Waals surface area contributed by atoms with Crippen LogP contribution in [0, 0.1) is 0 Å². The predicted octanol–water partition coefficient (Wildman–Crippen LogP) is 1.75. The van der Waals surface area contributed by atoms with E-state index in [0.29, 0.717) is 17.1 Å². The van der Waals surface area contributed by atoms with Gasteiger partial charge in [0.2, 0.25) is 0 Å². The molecular formula is C12H14O5. The van der Waals surface area contributed by atoms with Crippen molar-refractivity contribution in [3.63, 3.8) is 0 Å². The van der Waals surface area contributed by atoms with Gasteiger partial charge in [-0.1, -0.05) is 6.07 Å². The summed E-state index contributed by atoms with van der Waals surface area (Å²) in [7, 11) is 2.89. The van der Waals surface area contributed by atoms with E-state index in [0.717, 1.165) is 0 Å². The number of carbonyl (C=O) groups is 2. The van der Waals surface area contributed by atoms with E-state index in [4.69, 9.17) is 14.6 Å². The van der Waals surface area contributed by atoms with E-state index in [1.807, 2.05) is 0 Å². The van der Waals surface area contributed by atoms with Crippen LogP contribution < -0.4 is 9.47 Å². The van der Waals surface area contributed by atoms with Gasteiger partial charge in [-0.05, 0) is 12.1 Å². The summed E-state index contributed by atoms with van der Waals surface area (Å²) in [5.74, 6) is -0.534. The summed E-state index contributed by atoms with van der Waals surface area (Å²) in [6.45, 7) is 0. The maximum Gasteiger partial charge on any atom is 0.303 e. The average Bonchev–Trinajstić information content (AvgIpc) is 2.34. The van der Waals surface area contributed by atoms with Crippen LogP contribution in [0.25, 0.3) is 0 Å². The van der Waals surface area contributed by atoms with Gasteiger partial charge in [0.05, 0.1) is 20.6 Å². The molecular weight excluding hydrogens is 224 g/mol. The molecule has 0 aliphatic heterocycles. The molecule has 0 spiro atoms. The highest BCUT2D eigenvalue weighted by molar-refractivity contribution is 6.02. The molecule has 0 aromatic heterocycles. The molecule has 0 atom stereocenters. The molecule has 0 aliphatic rings. The molecule has 0 unspecified atom stereocenters. The molecule has 0 heterocycles. The van der Waals surface area contributed by atoms with Crippen LogP contribution in [0.5, 0.6) is 11.5 Å². The Morgan fingerprint density at radius 3 is 2.06 bits per heavy atom. The molecule has 1 aromatic rings. The number of Topliss-reactive ketones (excluding diaryl/α,β-unsaturated/α-hetero) is 1. The van der Waals surface area contributed by atoms with Crippen molar-refractivity contribution in [1.29, 1.82) is 0 Å². The lowest BCUT2D eigenvalue weighted by molar-refractivity contribution is -0.136. The third-order valence-electron chi connectivity index (χ3n) is 2.27. The lowest BCUT2D eigenvalue weighted by atomic mass is 10.0. The van der Waals surface area contributed by atoms with Gasteiger partial charge in [0.15, 0.2) is 5.78 Å². The Morgan fingerprint density at radius 1 is 1.12 bits per heavy atom. The SMILES string of the molecule is COc1cccc(OC)c1C(=O)CCC(=O)O. The number of rotatable bonds is 6. The fourth-order valence-corrected chi connectivity index (χ4v) is 1.47. The van der Waals surface area contributed by atoms with Crippen molar-refractivity contribution in [3.05, 3.63) is 23.8 Å². The normalized spacial score (nSPS) is 9.76. The molecule has 0 amide bonds. The number of carbonyl (C=O) groups excluding carboxylic acids is 1. The maximum absolute atomic E-state index is 11.9. The third-order valence-corrected chi connectivity index (χ3v) is 2.27. The quantitative estimate of drug-likeness (QED) is 0.764. The summed E-state index contributed by atoms with van der Waals surface area (Å²) in [5.41, 5.74) is 0.291. The molecule has 1 rings (SSSR count). The molecule has 0 fully saturated rings. The first-order chi connectivity index (χ1) is 8.10. The lowest BCUT2D eigenvalue weighted by Gasteiger charge is -2.11. The zero-order valence-corrected chi connectivity index (χ0v) is 9.73. The first-order valence-corrected chi connectivity index (χ1v) is 5.06. The predicted molar refractivity (Wildman–Crippen MR) is 60.7 cm³/mol. The van der Waals surface area contributed by atoms with Gasteiger partial charge in [-0.3, -0.25) is 9.59 Å². The Bertz CT molecular complexity index is 403. The standard InChI is InChI=1S/C12H14O5/c1-16-9-4-3-5-10(17-2)12(9)8(13)6-7-11(14)15/h3-5H,6-7H2,1-2H3,(H,14,15). The Kier molecular flexibility index (Phi) is 4.51. The molecule has 5 heteroatoms. The summed E-state index contributed by atoms with van der Waals surface area (Å²) in [6.07, 6.45) is -0.286. The Morgan fingerprint density at radius 2 is 1.65 bits per heavy atom. The number of carboxylic acid groups (broad SMARTS) is 1. The largest absolute Gasteiger partial charge is 0.496 e. The van der Waals surface area contributed by atoms with Crippen LogP contribution in [0.3, 0.4) is 0 Å². The first kappa shape index (κ1) is 13.0. The van der Waals surface area contributed by atoms with E-state index >= 15 is 0 Å². The fraction of sp³-hybridized carbons (Fsp3) is 0.333. The minimum absolute atomic E-state index is 0.0773. The van der Waals surface area contributed by atoms with Gasteiger partial charge >= 0.3 is 5.97 Å². The van der Waals surface area contributed by atoms with Crippen LogP contribution in [-0.2, 0) is 4.79 Å². The number of aliphatic carboxylic acids is 1.